The molecule has 2 N–H and O–H groups in total. The van der Waals surface area contributed by atoms with Crippen LogP contribution < -0.4 is 10.5 Å². The second-order valence-corrected chi connectivity index (χ2v) is 4.68. The molecule has 1 aromatic heterocycles. The maximum absolute atomic E-state index is 5.80. The number of benzene rings is 1. The standard InChI is InChI=1S/C14H15ClN2O/c1-10(16)8-11-2-7-14(17-9-11)18-13-5-3-12(15)4-6-13/h2-7,9-10H,8,16H2,1H3. The number of pyridine rings is 1. The molecule has 2 aromatic rings. The molecule has 18 heavy (non-hydrogen) atoms. The van der Waals surface area contributed by atoms with Gasteiger partial charge in [-0.05, 0) is 43.2 Å². The Morgan fingerprint density at radius 1 is 1.22 bits per heavy atom. The van der Waals surface area contributed by atoms with Gasteiger partial charge in [-0.3, -0.25) is 0 Å². The first-order valence-corrected chi connectivity index (χ1v) is 6.15. The molecule has 0 fully saturated rings. The van der Waals surface area contributed by atoms with Crippen molar-refractivity contribution in [3.8, 4) is 11.6 Å². The van der Waals surface area contributed by atoms with Crippen LogP contribution in [0.25, 0.3) is 0 Å². The third-order valence-corrected chi connectivity index (χ3v) is 2.64. The zero-order valence-electron chi connectivity index (χ0n) is 10.1. The summed E-state index contributed by atoms with van der Waals surface area (Å²) in [5.74, 6) is 1.28. The van der Waals surface area contributed by atoms with Crippen LogP contribution in [0, 0.1) is 0 Å². The van der Waals surface area contributed by atoms with E-state index < -0.39 is 0 Å². The molecule has 0 aliphatic rings. The van der Waals surface area contributed by atoms with Crippen LogP contribution in [0.4, 0.5) is 0 Å². The van der Waals surface area contributed by atoms with Crippen molar-refractivity contribution in [1.82, 2.24) is 4.98 Å². The van der Waals surface area contributed by atoms with Crippen molar-refractivity contribution in [3.05, 3.63) is 53.2 Å². The van der Waals surface area contributed by atoms with Gasteiger partial charge in [-0.15, -0.1) is 0 Å². The normalized spacial score (nSPS) is 12.2. The van der Waals surface area contributed by atoms with Crippen molar-refractivity contribution >= 4 is 11.6 Å². The van der Waals surface area contributed by atoms with E-state index in [-0.39, 0.29) is 6.04 Å². The number of halogens is 1. The second-order valence-electron chi connectivity index (χ2n) is 4.24. The molecule has 1 aromatic carbocycles. The lowest BCUT2D eigenvalue weighted by Gasteiger charge is -2.07. The van der Waals surface area contributed by atoms with E-state index in [9.17, 15) is 0 Å². The highest BCUT2D eigenvalue weighted by atomic mass is 35.5. The van der Waals surface area contributed by atoms with Crippen LogP contribution in [-0.4, -0.2) is 11.0 Å². The molecular formula is C14H15ClN2O. The van der Waals surface area contributed by atoms with Crippen LogP contribution in [0.5, 0.6) is 11.6 Å². The Hall–Kier alpha value is -1.58. The molecule has 0 radical (unpaired) electrons. The summed E-state index contributed by atoms with van der Waals surface area (Å²) in [7, 11) is 0. The Morgan fingerprint density at radius 2 is 1.94 bits per heavy atom. The van der Waals surface area contributed by atoms with E-state index in [2.05, 4.69) is 4.98 Å². The molecule has 0 saturated heterocycles. The van der Waals surface area contributed by atoms with Crippen LogP contribution in [-0.2, 0) is 6.42 Å². The largest absolute Gasteiger partial charge is 0.439 e. The molecule has 0 amide bonds. The fourth-order valence-electron chi connectivity index (χ4n) is 1.59. The lowest BCUT2D eigenvalue weighted by molar-refractivity contribution is 0.462. The SMILES string of the molecule is CC(N)Cc1ccc(Oc2ccc(Cl)cc2)nc1. The van der Waals surface area contributed by atoms with E-state index in [0.29, 0.717) is 16.7 Å². The highest BCUT2D eigenvalue weighted by Crippen LogP contribution is 2.21. The van der Waals surface area contributed by atoms with Crippen LogP contribution in [0.2, 0.25) is 5.02 Å². The predicted molar refractivity (Wildman–Crippen MR) is 73.1 cm³/mol. The molecule has 0 bridgehead atoms. The molecule has 1 unspecified atom stereocenters. The van der Waals surface area contributed by atoms with Gasteiger partial charge in [0, 0.05) is 23.3 Å². The summed E-state index contributed by atoms with van der Waals surface area (Å²) in [4.78, 5) is 4.24. The Bertz CT molecular complexity index is 494. The van der Waals surface area contributed by atoms with Gasteiger partial charge < -0.3 is 10.5 Å². The summed E-state index contributed by atoms with van der Waals surface area (Å²) in [5, 5.41) is 0.683. The molecule has 0 spiro atoms. The highest BCUT2D eigenvalue weighted by molar-refractivity contribution is 6.30. The van der Waals surface area contributed by atoms with E-state index in [1.54, 1.807) is 30.5 Å². The number of aromatic nitrogens is 1. The van der Waals surface area contributed by atoms with Gasteiger partial charge in [-0.25, -0.2) is 4.98 Å². The molecule has 0 aliphatic heterocycles. The minimum Gasteiger partial charge on any atom is -0.439 e. The van der Waals surface area contributed by atoms with Crippen LogP contribution in [0.3, 0.4) is 0 Å². The zero-order chi connectivity index (χ0) is 13.0. The molecule has 1 atom stereocenters. The van der Waals surface area contributed by atoms with Crippen LogP contribution in [0.1, 0.15) is 12.5 Å². The van der Waals surface area contributed by atoms with E-state index >= 15 is 0 Å². The zero-order valence-corrected chi connectivity index (χ0v) is 10.9. The van der Waals surface area contributed by atoms with Gasteiger partial charge in [-0.2, -0.15) is 0 Å². The van der Waals surface area contributed by atoms with Crippen molar-refractivity contribution in [2.75, 3.05) is 0 Å². The Morgan fingerprint density at radius 3 is 2.50 bits per heavy atom. The minimum absolute atomic E-state index is 0.134. The maximum atomic E-state index is 5.80. The molecule has 94 valence electrons. The first-order valence-electron chi connectivity index (χ1n) is 5.77. The quantitative estimate of drug-likeness (QED) is 0.918. The maximum Gasteiger partial charge on any atom is 0.219 e. The smallest absolute Gasteiger partial charge is 0.219 e. The minimum atomic E-state index is 0.134. The average molecular weight is 263 g/mol. The van der Waals surface area contributed by atoms with E-state index in [4.69, 9.17) is 22.1 Å². The summed E-state index contributed by atoms with van der Waals surface area (Å²) in [6, 6.07) is 11.1. The number of nitrogens with two attached hydrogens (primary N) is 1. The van der Waals surface area contributed by atoms with Crippen molar-refractivity contribution in [2.45, 2.75) is 19.4 Å². The van der Waals surface area contributed by atoms with Crippen molar-refractivity contribution < 1.29 is 4.74 Å². The monoisotopic (exact) mass is 262 g/mol. The van der Waals surface area contributed by atoms with Gasteiger partial charge in [-0.1, -0.05) is 17.7 Å². The first-order chi connectivity index (χ1) is 8.63. The molecule has 2 rings (SSSR count). The molecule has 0 saturated carbocycles. The molecule has 1 heterocycles. The number of hydrogen-bond acceptors (Lipinski definition) is 3. The van der Waals surface area contributed by atoms with Gasteiger partial charge in [0.15, 0.2) is 0 Å². The van der Waals surface area contributed by atoms with Gasteiger partial charge in [0.1, 0.15) is 5.75 Å². The first kappa shape index (κ1) is 12.9. The Balaban J connectivity index is 2.04. The summed E-state index contributed by atoms with van der Waals surface area (Å²) >= 11 is 5.80. The lowest BCUT2D eigenvalue weighted by Crippen LogP contribution is -2.17. The third-order valence-electron chi connectivity index (χ3n) is 2.39. The summed E-state index contributed by atoms with van der Waals surface area (Å²) in [5.41, 5.74) is 6.83. The second kappa shape index (κ2) is 5.85. The number of hydrogen-bond donors (Lipinski definition) is 1. The van der Waals surface area contributed by atoms with E-state index in [1.165, 1.54) is 0 Å². The van der Waals surface area contributed by atoms with Gasteiger partial charge in [0.25, 0.3) is 0 Å². The van der Waals surface area contributed by atoms with Gasteiger partial charge in [0.05, 0.1) is 0 Å². The predicted octanol–water partition coefficient (Wildman–Crippen LogP) is 3.42. The fourth-order valence-corrected chi connectivity index (χ4v) is 1.71. The number of rotatable bonds is 4. The fraction of sp³-hybridized carbons (Fsp3) is 0.214. The Kier molecular flexibility index (Phi) is 4.18. The summed E-state index contributed by atoms with van der Waals surface area (Å²) in [6.45, 7) is 1.97. The van der Waals surface area contributed by atoms with Gasteiger partial charge in [0.2, 0.25) is 5.88 Å². The molecular weight excluding hydrogens is 248 g/mol. The molecule has 3 nitrogen and oxygen atoms in total. The van der Waals surface area contributed by atoms with Crippen LogP contribution in [0.15, 0.2) is 42.6 Å². The Labute approximate surface area is 112 Å². The van der Waals surface area contributed by atoms with Gasteiger partial charge >= 0.3 is 0 Å². The lowest BCUT2D eigenvalue weighted by atomic mass is 10.1. The van der Waals surface area contributed by atoms with Crippen LogP contribution >= 0.6 is 11.6 Å². The van der Waals surface area contributed by atoms with E-state index in [1.807, 2.05) is 19.1 Å². The topological polar surface area (TPSA) is 48.1 Å². The summed E-state index contributed by atoms with van der Waals surface area (Å²) in [6.07, 6.45) is 2.60. The third kappa shape index (κ3) is 3.72. The van der Waals surface area contributed by atoms with Crippen molar-refractivity contribution in [1.29, 1.82) is 0 Å². The highest BCUT2D eigenvalue weighted by Gasteiger charge is 2.01. The average Bonchev–Trinajstić information content (AvgIpc) is 2.34. The van der Waals surface area contributed by atoms with E-state index in [0.717, 1.165) is 12.0 Å². The van der Waals surface area contributed by atoms with Crippen molar-refractivity contribution in [2.24, 2.45) is 5.73 Å². The number of ether oxygens (including phenoxy) is 1. The molecule has 0 aliphatic carbocycles. The summed E-state index contributed by atoms with van der Waals surface area (Å²) < 4.78 is 5.59. The number of nitrogens with zero attached hydrogens (tertiary/aromatic N) is 1. The van der Waals surface area contributed by atoms with Crippen molar-refractivity contribution in [3.63, 3.8) is 0 Å². The molecule has 4 heteroatoms.